The molecule has 1 saturated heterocycles. The van der Waals surface area contributed by atoms with Gasteiger partial charge in [0.25, 0.3) is 0 Å². The number of carbonyl (C=O) groups excluding carboxylic acids is 3. The number of carbonyl (C=O) groups is 3. The van der Waals surface area contributed by atoms with Crippen molar-refractivity contribution in [3.05, 3.63) is 12.7 Å². The van der Waals surface area contributed by atoms with Gasteiger partial charge in [0.1, 0.15) is 36.3 Å². The number of amides is 2. The summed E-state index contributed by atoms with van der Waals surface area (Å²) in [5.41, 5.74) is 4.23. The molecule has 0 aromatic carbocycles. The van der Waals surface area contributed by atoms with Crippen LogP contribution in [-0.4, -0.2) is 134 Å². The fourth-order valence-corrected chi connectivity index (χ4v) is 8.22. The zero-order valence-electron chi connectivity index (χ0n) is 34.8. The average molecular weight is 877 g/mol. The van der Waals surface area contributed by atoms with Gasteiger partial charge in [-0.15, -0.1) is 0 Å². The average Bonchev–Trinajstić information content (AvgIpc) is 3.60. The molecule has 2 aromatic rings. The predicted molar refractivity (Wildman–Crippen MR) is 187 cm³/mol. The number of thioether (sulfide) groups is 1. The molecular weight excluding hydrogens is 832 g/mol. The van der Waals surface area contributed by atoms with Crippen LogP contribution in [0.3, 0.4) is 0 Å². The van der Waals surface area contributed by atoms with Gasteiger partial charge in [0.2, 0.25) is 11.8 Å². The summed E-state index contributed by atoms with van der Waals surface area (Å²) >= 11 is 0.939. The van der Waals surface area contributed by atoms with E-state index in [0.717, 1.165) is 29.0 Å². The van der Waals surface area contributed by atoms with Gasteiger partial charge in [-0.3, -0.25) is 32.5 Å². The first kappa shape index (κ1) is 56.3. The van der Waals surface area contributed by atoms with Crippen LogP contribution in [0.25, 0.3) is 11.2 Å². The van der Waals surface area contributed by atoms with E-state index in [4.69, 9.17) is 19.5 Å². The molecule has 1 fully saturated rings. The van der Waals surface area contributed by atoms with Gasteiger partial charge < -0.3 is 60.3 Å². The van der Waals surface area contributed by atoms with Gasteiger partial charge in [-0.2, -0.15) is 4.31 Å². The van der Waals surface area contributed by atoms with Crippen LogP contribution in [0.1, 0.15) is 44.1 Å². The van der Waals surface area contributed by atoms with Crippen molar-refractivity contribution in [1.82, 2.24) is 30.2 Å². The molecule has 1 aliphatic heterocycles. The van der Waals surface area contributed by atoms with Crippen LogP contribution in [0.15, 0.2) is 12.7 Å². The number of phosphoric ester groups is 3. The minimum absolute atomic E-state index is 0. The quantitative estimate of drug-likeness (QED) is 0.0316. The van der Waals surface area contributed by atoms with E-state index in [1.54, 1.807) is 0 Å². The summed E-state index contributed by atoms with van der Waals surface area (Å²) in [6.07, 6.45) is -7.79. The summed E-state index contributed by atoms with van der Waals surface area (Å²) in [7, 11) is -16.4. The molecule has 2 aromatic heterocycles. The third kappa shape index (κ3) is 18.1. The molecule has 2 amide bonds. The first-order valence-corrected chi connectivity index (χ1v) is 21.1. The number of anilines is 1. The van der Waals surface area contributed by atoms with E-state index in [0.29, 0.717) is 0 Å². The Morgan fingerprint density at radius 1 is 1.04 bits per heavy atom. The molecule has 11 N–H and O–H groups in total. The fourth-order valence-electron chi connectivity index (χ4n) is 4.60. The second kappa shape index (κ2) is 24.1. The van der Waals surface area contributed by atoms with Crippen molar-refractivity contribution in [2.24, 2.45) is 5.41 Å². The number of hydrogen-bond acceptors (Lipinski definition) is 19. The van der Waals surface area contributed by atoms with Crippen molar-refractivity contribution in [3.63, 3.8) is 0 Å². The van der Waals surface area contributed by atoms with Crippen molar-refractivity contribution in [1.29, 1.82) is 0 Å². The van der Waals surface area contributed by atoms with Crippen LogP contribution in [0.5, 0.6) is 0 Å². The van der Waals surface area contributed by atoms with Gasteiger partial charge in [-0.1, -0.05) is 25.6 Å². The van der Waals surface area contributed by atoms with Gasteiger partial charge >= 0.3 is 80.0 Å². The number of fused-ring (bicyclic) bond motifs is 1. The third-order valence-electron chi connectivity index (χ3n) is 7.23. The van der Waals surface area contributed by atoms with E-state index in [1.165, 1.54) is 20.8 Å². The molecule has 4 unspecified atom stereocenters. The first-order chi connectivity index (χ1) is 24.9. The molecule has 0 radical (unpaired) electrons. The number of nitrogen functional groups attached to an aromatic ring is 1. The zero-order chi connectivity index (χ0) is 40.6. The van der Waals surface area contributed by atoms with Gasteiger partial charge in [-0.05, 0) is 6.92 Å². The van der Waals surface area contributed by atoms with Crippen molar-refractivity contribution in [2.75, 3.05) is 37.8 Å². The minimum Gasteiger partial charge on any atom is -1.00 e. The van der Waals surface area contributed by atoms with Crippen LogP contribution in [0.4, 0.5) is 5.82 Å². The minimum atomic E-state index is -5.57. The topological polar surface area (TPSA) is 384 Å². The second-order valence-electron chi connectivity index (χ2n) is 12.3. The van der Waals surface area contributed by atoms with Gasteiger partial charge in [-0.25, -0.2) is 28.6 Å². The van der Waals surface area contributed by atoms with Crippen molar-refractivity contribution in [2.45, 2.75) is 70.4 Å². The monoisotopic (exact) mass is 877 g/mol. The molecule has 57 heavy (non-hydrogen) atoms. The van der Waals surface area contributed by atoms with E-state index < -0.39 is 90.7 Å². The molecule has 1 aliphatic rings. The van der Waals surface area contributed by atoms with E-state index in [9.17, 15) is 63.0 Å². The fraction of sp³-hybridized carbons (Fsp3) is 0.680. The molecular formula is C25H45Li3N7O18P3S. The summed E-state index contributed by atoms with van der Waals surface area (Å²) in [6, 6.07) is 0. The second-order valence-corrected chi connectivity index (χ2v) is 17.7. The Morgan fingerprint density at radius 2 is 1.67 bits per heavy atom. The Labute approximate surface area is 370 Å². The van der Waals surface area contributed by atoms with Crippen molar-refractivity contribution in [3.8, 4) is 0 Å². The Morgan fingerprint density at radius 3 is 2.28 bits per heavy atom. The maximum Gasteiger partial charge on any atom is 1.00 e. The van der Waals surface area contributed by atoms with E-state index in [1.807, 2.05) is 0 Å². The van der Waals surface area contributed by atoms with Crippen LogP contribution < -0.4 is 72.9 Å². The molecule has 0 spiro atoms. The van der Waals surface area contributed by atoms with Crippen molar-refractivity contribution < 1.29 is 146 Å². The largest absolute Gasteiger partial charge is 1.00 e. The maximum atomic E-state index is 12.6. The number of aromatic nitrogens is 4. The zero-order valence-corrected chi connectivity index (χ0v) is 35.3. The normalized spacial score (nSPS) is 21.4. The van der Waals surface area contributed by atoms with Gasteiger partial charge in [0.15, 0.2) is 22.8 Å². The van der Waals surface area contributed by atoms with Crippen LogP contribution in [0.2, 0.25) is 0 Å². The van der Waals surface area contributed by atoms with Crippen LogP contribution >= 0.6 is 35.2 Å². The molecule has 0 bridgehead atoms. The maximum absolute atomic E-state index is 12.6. The summed E-state index contributed by atoms with van der Waals surface area (Å²) in [6.45, 7) is 1.83. The standard InChI is InChI=1S/C25H42N7O18P3S.3Li.3H/c1-13(33)8-16(35)54-7-6-27-15(34)4-5-28-23(38)20(37)25(2,3)10-47-53(44,45)50-52(42,43)46-9-14-19(49-51(39,40)41)18(36)24(48-14)32-12-31-17-21(26)29-11-30-22(17)32;;;;;;/h11-14,18-20,24,33,36-37H,4-10H2,1-3H3,(H,27,34)(H,28,38)(H,42,43)(H,44,45)(H2,26,29,30)(H2,39,40,41);;;;;;/q;3*+1;3*-1/t13?,14-,18?,19+,20+,24-;;;;;;/m1....../s1. The molecule has 3 rings (SSSR count). The van der Waals surface area contributed by atoms with E-state index in [-0.39, 0.29) is 115 Å². The molecule has 32 heteroatoms. The number of phosphoric acid groups is 3. The molecule has 25 nitrogen and oxygen atoms in total. The van der Waals surface area contributed by atoms with Crippen LogP contribution in [0, 0.1) is 5.41 Å². The molecule has 8 atom stereocenters. The van der Waals surface area contributed by atoms with Crippen LogP contribution in [-0.2, 0) is 50.7 Å². The Hall–Kier alpha value is -0.688. The third-order valence-corrected chi connectivity index (χ3v) is 11.2. The molecule has 3 heterocycles. The number of ether oxygens (including phenoxy) is 1. The summed E-state index contributed by atoms with van der Waals surface area (Å²) in [4.78, 5) is 86.9. The number of nitrogens with one attached hydrogen (secondary N) is 2. The molecule has 312 valence electrons. The van der Waals surface area contributed by atoms with Gasteiger partial charge in [0, 0.05) is 37.1 Å². The van der Waals surface area contributed by atoms with E-state index >= 15 is 0 Å². The number of nitrogens with zero attached hydrogens (tertiary/aromatic N) is 4. The van der Waals surface area contributed by atoms with Crippen molar-refractivity contribution >= 4 is 69.1 Å². The first-order valence-electron chi connectivity index (χ1n) is 15.6. The Bertz CT molecular complexity index is 1810. The number of aliphatic hydroxyl groups excluding tert-OH is 3. The van der Waals surface area contributed by atoms with E-state index in [2.05, 4.69) is 34.4 Å². The molecule has 0 saturated carbocycles. The Kier molecular flexibility index (Phi) is 23.8. The Balaban J connectivity index is -0.00000261. The number of rotatable bonds is 21. The number of imidazole rings is 1. The number of aliphatic hydroxyl groups is 3. The number of hydrogen-bond donors (Lipinski definition) is 10. The molecule has 0 aliphatic carbocycles. The number of nitrogens with two attached hydrogens (primary N) is 1. The SMILES string of the molecule is CC(O)CC(=O)SCCNC(=O)CCNC(=O)[C@H](O)C(C)(C)COP(=O)(O)OP(=O)(O)OC[C@H]1O[C@@H](n2cnc3c(N)ncnc32)C(O)[C@H]1OP(=O)(O)O.[H-].[H-].[H-].[Li+].[Li+].[Li+]. The summed E-state index contributed by atoms with van der Waals surface area (Å²) in [5, 5.41) is 35.2. The smallest absolute Gasteiger partial charge is 1.00 e. The summed E-state index contributed by atoms with van der Waals surface area (Å²) in [5.74, 6) is -1.25. The predicted octanol–water partition coefficient (Wildman–Crippen LogP) is -10.2. The summed E-state index contributed by atoms with van der Waals surface area (Å²) < 4.78 is 61.9. The van der Waals surface area contributed by atoms with Gasteiger partial charge in [0.05, 0.1) is 25.6 Å².